The average molecular weight is 335 g/mol. The maximum atomic E-state index is 11.8. The molecule has 0 aliphatic carbocycles. The van der Waals surface area contributed by atoms with Gasteiger partial charge in [0.2, 0.25) is 17.7 Å². The van der Waals surface area contributed by atoms with Gasteiger partial charge in [0, 0.05) is 13.1 Å². The molecule has 128 valence electrons. The molecule has 0 unspecified atom stereocenters. The maximum Gasteiger partial charge on any atom is 0.241 e. The third kappa shape index (κ3) is 7.09. The van der Waals surface area contributed by atoms with Gasteiger partial charge in [-0.2, -0.15) is 0 Å². The number of rotatable bonds is 6. The molecule has 1 heterocycles. The third-order valence-electron chi connectivity index (χ3n) is 3.59. The van der Waals surface area contributed by atoms with Crippen LogP contribution in [0.4, 0.5) is 0 Å². The topological polar surface area (TPSA) is 105 Å². The van der Waals surface area contributed by atoms with Crippen LogP contribution in [0.25, 0.3) is 0 Å². The van der Waals surface area contributed by atoms with Crippen LogP contribution < -0.4 is 16.4 Å². The van der Waals surface area contributed by atoms with Gasteiger partial charge in [-0.3, -0.25) is 14.4 Å². The second-order valence-corrected chi connectivity index (χ2v) is 5.71. The number of carbonyl (C=O) groups is 3. The van der Waals surface area contributed by atoms with E-state index in [-0.39, 0.29) is 49.1 Å². The van der Waals surface area contributed by atoms with Crippen LogP contribution in [0.15, 0.2) is 0 Å². The number of nitrogens with two attached hydrogens (primary N) is 1. The second kappa shape index (κ2) is 10.4. The predicted molar refractivity (Wildman–Crippen MR) is 86.5 cm³/mol. The molecular weight excluding hydrogens is 308 g/mol. The van der Waals surface area contributed by atoms with Gasteiger partial charge in [-0.15, -0.1) is 12.4 Å². The lowest BCUT2D eigenvalue weighted by Crippen LogP contribution is -2.48. The molecule has 1 saturated heterocycles. The zero-order valence-corrected chi connectivity index (χ0v) is 14.1. The van der Waals surface area contributed by atoms with Gasteiger partial charge in [0.05, 0.1) is 19.1 Å². The Balaban J connectivity index is 0.00000441. The summed E-state index contributed by atoms with van der Waals surface area (Å²) in [6.45, 7) is 5.00. The Hall–Kier alpha value is -1.34. The number of nitrogens with one attached hydrogen (secondary N) is 2. The molecule has 0 radical (unpaired) electrons. The number of nitrogens with zero attached hydrogens (tertiary/aromatic N) is 1. The molecule has 0 spiro atoms. The Labute approximate surface area is 137 Å². The van der Waals surface area contributed by atoms with Crippen LogP contribution in [0.2, 0.25) is 0 Å². The van der Waals surface area contributed by atoms with Crippen LogP contribution >= 0.6 is 12.4 Å². The number of piperidine rings is 1. The van der Waals surface area contributed by atoms with Crippen molar-refractivity contribution in [1.82, 2.24) is 15.5 Å². The van der Waals surface area contributed by atoms with Gasteiger partial charge >= 0.3 is 0 Å². The maximum absolute atomic E-state index is 11.8. The van der Waals surface area contributed by atoms with Gasteiger partial charge < -0.3 is 21.3 Å². The summed E-state index contributed by atoms with van der Waals surface area (Å²) in [6, 6.07) is -0.632. The summed E-state index contributed by atoms with van der Waals surface area (Å²) in [6.07, 6.45) is 3.18. The van der Waals surface area contributed by atoms with E-state index in [1.807, 2.05) is 13.8 Å². The highest BCUT2D eigenvalue weighted by Crippen LogP contribution is 2.08. The molecule has 7 nitrogen and oxygen atoms in total. The van der Waals surface area contributed by atoms with Crippen LogP contribution in [0.5, 0.6) is 0 Å². The second-order valence-electron chi connectivity index (χ2n) is 5.71. The van der Waals surface area contributed by atoms with Crippen molar-refractivity contribution >= 4 is 30.1 Å². The summed E-state index contributed by atoms with van der Waals surface area (Å²) in [5.41, 5.74) is 5.66. The molecule has 1 aliphatic heterocycles. The summed E-state index contributed by atoms with van der Waals surface area (Å²) in [5.74, 6) is -0.811. The molecule has 22 heavy (non-hydrogen) atoms. The molecule has 4 N–H and O–H groups in total. The minimum absolute atomic E-state index is 0. The molecule has 0 aromatic rings. The van der Waals surface area contributed by atoms with E-state index in [4.69, 9.17) is 5.73 Å². The van der Waals surface area contributed by atoms with Crippen LogP contribution in [0, 0.1) is 5.92 Å². The Morgan fingerprint density at radius 2 is 1.64 bits per heavy atom. The lowest BCUT2D eigenvalue weighted by molar-refractivity contribution is -0.133. The van der Waals surface area contributed by atoms with Crippen LogP contribution in [0.1, 0.15) is 33.1 Å². The molecule has 8 heteroatoms. The first-order valence-electron chi connectivity index (χ1n) is 7.49. The summed E-state index contributed by atoms with van der Waals surface area (Å²) in [4.78, 5) is 36.8. The molecule has 0 aromatic carbocycles. The quantitative estimate of drug-likeness (QED) is 0.616. The van der Waals surface area contributed by atoms with E-state index in [0.717, 1.165) is 32.4 Å². The summed E-state index contributed by atoms with van der Waals surface area (Å²) < 4.78 is 0. The highest BCUT2D eigenvalue weighted by Gasteiger charge is 2.19. The zero-order chi connectivity index (χ0) is 15.8. The van der Waals surface area contributed by atoms with Crippen molar-refractivity contribution in [2.45, 2.75) is 39.2 Å². The number of hydrogen-bond acceptors (Lipinski definition) is 4. The fourth-order valence-corrected chi connectivity index (χ4v) is 2.08. The molecule has 1 aliphatic rings. The Bertz CT molecular complexity index is 384. The molecule has 0 bridgehead atoms. The van der Waals surface area contributed by atoms with Crippen molar-refractivity contribution in [3.63, 3.8) is 0 Å². The highest BCUT2D eigenvalue weighted by atomic mass is 35.5. The van der Waals surface area contributed by atoms with Gasteiger partial charge in [0.15, 0.2) is 0 Å². The monoisotopic (exact) mass is 334 g/mol. The van der Waals surface area contributed by atoms with E-state index in [1.54, 1.807) is 4.90 Å². The molecule has 0 saturated carbocycles. The minimum Gasteiger partial charge on any atom is -0.346 e. The first-order valence-corrected chi connectivity index (χ1v) is 7.49. The smallest absolute Gasteiger partial charge is 0.241 e. The molecule has 0 aromatic heterocycles. The number of halogens is 1. The average Bonchev–Trinajstić information content (AvgIpc) is 2.50. The van der Waals surface area contributed by atoms with E-state index in [1.165, 1.54) is 0 Å². The molecule has 3 amide bonds. The summed E-state index contributed by atoms with van der Waals surface area (Å²) in [5, 5.41) is 4.98. The largest absolute Gasteiger partial charge is 0.346 e. The molecular formula is C14H27ClN4O3. The molecule has 1 atom stereocenters. The first-order chi connectivity index (χ1) is 9.91. The highest BCUT2D eigenvalue weighted by molar-refractivity contribution is 5.89. The van der Waals surface area contributed by atoms with Gasteiger partial charge in [-0.05, 0) is 25.2 Å². The summed E-state index contributed by atoms with van der Waals surface area (Å²) in [7, 11) is 0. The lowest BCUT2D eigenvalue weighted by atomic mass is 10.1. The van der Waals surface area contributed by atoms with Crippen molar-refractivity contribution in [2.75, 3.05) is 26.2 Å². The van der Waals surface area contributed by atoms with Crippen LogP contribution in [-0.2, 0) is 14.4 Å². The van der Waals surface area contributed by atoms with E-state index in [0.29, 0.717) is 0 Å². The fourth-order valence-electron chi connectivity index (χ4n) is 2.08. The van der Waals surface area contributed by atoms with Crippen molar-refractivity contribution in [1.29, 1.82) is 0 Å². The standard InChI is InChI=1S/C14H26N4O3.ClH/c1-10(2)13(15)14(21)17-8-11(19)16-9-12(20)18-6-4-3-5-7-18;/h10,13H,3-9,15H2,1-2H3,(H,16,19)(H,17,21);1H/t13-;/m0./s1. The van der Waals surface area contributed by atoms with Crippen molar-refractivity contribution in [3.8, 4) is 0 Å². The van der Waals surface area contributed by atoms with Crippen LogP contribution in [0.3, 0.4) is 0 Å². The van der Waals surface area contributed by atoms with Crippen molar-refractivity contribution < 1.29 is 14.4 Å². The number of carbonyl (C=O) groups excluding carboxylic acids is 3. The summed E-state index contributed by atoms with van der Waals surface area (Å²) >= 11 is 0. The molecule has 1 fully saturated rings. The first kappa shape index (κ1) is 20.7. The lowest BCUT2D eigenvalue weighted by Gasteiger charge is -2.26. The number of hydrogen-bond donors (Lipinski definition) is 3. The van der Waals surface area contributed by atoms with Gasteiger partial charge in [0.1, 0.15) is 0 Å². The number of amides is 3. The van der Waals surface area contributed by atoms with E-state index >= 15 is 0 Å². The minimum atomic E-state index is -0.632. The Morgan fingerprint density at radius 3 is 2.18 bits per heavy atom. The van der Waals surface area contributed by atoms with Gasteiger partial charge in [-0.1, -0.05) is 13.8 Å². The van der Waals surface area contributed by atoms with Gasteiger partial charge in [-0.25, -0.2) is 0 Å². The van der Waals surface area contributed by atoms with Crippen molar-refractivity contribution in [3.05, 3.63) is 0 Å². The van der Waals surface area contributed by atoms with Crippen molar-refractivity contribution in [2.24, 2.45) is 11.7 Å². The molecule has 1 rings (SSSR count). The SMILES string of the molecule is CC(C)[C@H](N)C(=O)NCC(=O)NCC(=O)N1CCCCC1.Cl. The van der Waals surface area contributed by atoms with E-state index < -0.39 is 6.04 Å². The van der Waals surface area contributed by atoms with Gasteiger partial charge in [0.25, 0.3) is 0 Å². The van der Waals surface area contributed by atoms with E-state index in [9.17, 15) is 14.4 Å². The zero-order valence-electron chi connectivity index (χ0n) is 13.3. The normalized spacial score (nSPS) is 15.7. The number of likely N-dealkylation sites (tertiary alicyclic amines) is 1. The Kier molecular flexibility index (Phi) is 9.76. The Morgan fingerprint density at radius 1 is 1.05 bits per heavy atom. The fraction of sp³-hybridized carbons (Fsp3) is 0.786. The van der Waals surface area contributed by atoms with Crippen LogP contribution in [-0.4, -0.2) is 54.8 Å². The van der Waals surface area contributed by atoms with E-state index in [2.05, 4.69) is 10.6 Å². The predicted octanol–water partition coefficient (Wildman–Crippen LogP) is -0.364. The third-order valence-corrected chi connectivity index (χ3v) is 3.59.